The monoisotopic (exact) mass is 316 g/mol. The van der Waals surface area contributed by atoms with Crippen molar-refractivity contribution >= 4 is 17.8 Å². The molecule has 0 unspecified atom stereocenters. The minimum Gasteiger partial charge on any atom is -0.545 e. The molecule has 2 rings (SSSR count). The highest BCUT2D eigenvalue weighted by molar-refractivity contribution is 6.04. The molecule has 23 heavy (non-hydrogen) atoms. The Morgan fingerprint density at radius 1 is 1.26 bits per heavy atom. The van der Waals surface area contributed by atoms with Gasteiger partial charge in [-0.05, 0) is 17.7 Å². The van der Waals surface area contributed by atoms with Gasteiger partial charge in [0.25, 0.3) is 0 Å². The summed E-state index contributed by atoms with van der Waals surface area (Å²) in [7, 11) is 4.83. The highest BCUT2D eigenvalue weighted by Gasteiger charge is 2.22. The number of hydrogen-bond acceptors (Lipinski definition) is 5. The smallest absolute Gasteiger partial charge is 0.325 e. The zero-order valence-electron chi connectivity index (χ0n) is 13.3. The van der Waals surface area contributed by atoms with Gasteiger partial charge in [-0.25, -0.2) is 9.79 Å². The number of aliphatic carboxylic acids is 1. The highest BCUT2D eigenvalue weighted by Crippen LogP contribution is 2.16. The van der Waals surface area contributed by atoms with E-state index in [-0.39, 0.29) is 18.0 Å². The number of ether oxygens (including phenoxy) is 1. The molecule has 1 aromatic carbocycles. The van der Waals surface area contributed by atoms with Crippen molar-refractivity contribution < 1.29 is 19.4 Å². The number of nitrogens with zero attached hydrogens (tertiary/aromatic N) is 3. The van der Waals surface area contributed by atoms with Crippen molar-refractivity contribution in [3.8, 4) is 5.75 Å². The summed E-state index contributed by atoms with van der Waals surface area (Å²) in [6.07, 6.45) is 1.30. The molecule has 1 heterocycles. The Kier molecular flexibility index (Phi) is 5.00. The third kappa shape index (κ3) is 3.88. The molecule has 1 aliphatic rings. The fraction of sp³-hybridized carbons (Fsp3) is 0.312. The quantitative estimate of drug-likeness (QED) is 0.815. The van der Waals surface area contributed by atoms with Gasteiger partial charge >= 0.3 is 6.03 Å². The summed E-state index contributed by atoms with van der Waals surface area (Å²) in [6.45, 7) is 0.418. The van der Waals surface area contributed by atoms with Gasteiger partial charge in [0.1, 0.15) is 11.6 Å². The number of urea groups is 1. The molecule has 0 atom stereocenters. The van der Waals surface area contributed by atoms with Crippen LogP contribution in [0.1, 0.15) is 12.0 Å². The summed E-state index contributed by atoms with van der Waals surface area (Å²) >= 11 is 0. The molecule has 1 aromatic rings. The van der Waals surface area contributed by atoms with Crippen LogP contribution < -0.4 is 9.84 Å². The van der Waals surface area contributed by atoms with Crippen molar-refractivity contribution in [2.45, 2.75) is 13.0 Å². The van der Waals surface area contributed by atoms with Crippen LogP contribution in [0.5, 0.6) is 5.75 Å². The number of aliphatic imine (C=N–C) groups is 1. The molecule has 0 spiro atoms. The molecule has 0 aliphatic carbocycles. The van der Waals surface area contributed by atoms with Gasteiger partial charge in [0.2, 0.25) is 0 Å². The standard InChI is InChI=1S/C16H19N3O4/c1-18(10-11-4-6-13(23-3)7-5-11)16(22)19(2)14-8-12(9-17-14)15(20)21/h4-7,9H,8,10H2,1-3H3,(H,20,21)/p-1. The molecule has 0 radical (unpaired) electrons. The lowest BCUT2D eigenvalue weighted by Crippen LogP contribution is -2.41. The number of hydrogen-bond donors (Lipinski definition) is 0. The molecule has 2 amide bonds. The first-order chi connectivity index (χ1) is 10.9. The second-order valence-electron chi connectivity index (χ2n) is 5.21. The maximum Gasteiger partial charge on any atom is 0.325 e. The minimum atomic E-state index is -1.27. The number of amidine groups is 1. The van der Waals surface area contributed by atoms with Crippen molar-refractivity contribution in [1.29, 1.82) is 0 Å². The maximum absolute atomic E-state index is 12.4. The second kappa shape index (κ2) is 6.95. The Balaban J connectivity index is 1.95. The third-order valence-corrected chi connectivity index (χ3v) is 3.56. The van der Waals surface area contributed by atoms with Gasteiger partial charge in [-0.1, -0.05) is 12.1 Å². The fourth-order valence-corrected chi connectivity index (χ4v) is 2.18. The summed E-state index contributed by atoms with van der Waals surface area (Å²) in [5.41, 5.74) is 1.02. The van der Waals surface area contributed by atoms with Crippen LogP contribution in [0.2, 0.25) is 0 Å². The molecule has 0 saturated carbocycles. The van der Waals surface area contributed by atoms with E-state index in [1.165, 1.54) is 16.0 Å². The average Bonchev–Trinajstić information content (AvgIpc) is 3.04. The molecule has 7 nitrogen and oxygen atoms in total. The zero-order valence-corrected chi connectivity index (χ0v) is 13.3. The van der Waals surface area contributed by atoms with E-state index in [0.717, 1.165) is 11.3 Å². The molecule has 1 aliphatic heterocycles. The van der Waals surface area contributed by atoms with Crippen molar-refractivity contribution in [2.75, 3.05) is 21.2 Å². The molecular weight excluding hydrogens is 298 g/mol. The Morgan fingerprint density at radius 2 is 1.91 bits per heavy atom. The zero-order chi connectivity index (χ0) is 17.0. The summed E-state index contributed by atoms with van der Waals surface area (Å²) in [5.74, 6) is -0.131. The van der Waals surface area contributed by atoms with Crippen LogP contribution in [0.25, 0.3) is 0 Å². The summed E-state index contributed by atoms with van der Waals surface area (Å²) < 4.78 is 5.09. The van der Waals surface area contributed by atoms with E-state index in [2.05, 4.69) is 4.99 Å². The van der Waals surface area contributed by atoms with Crippen molar-refractivity contribution in [1.82, 2.24) is 9.80 Å². The topological polar surface area (TPSA) is 85.3 Å². The maximum atomic E-state index is 12.4. The van der Waals surface area contributed by atoms with Gasteiger partial charge in [0.15, 0.2) is 0 Å². The van der Waals surface area contributed by atoms with E-state index in [9.17, 15) is 14.7 Å². The minimum absolute atomic E-state index is 0.0671. The largest absolute Gasteiger partial charge is 0.545 e. The first-order valence-electron chi connectivity index (χ1n) is 7.01. The molecule has 0 N–H and O–H groups in total. The van der Waals surface area contributed by atoms with Crippen molar-refractivity contribution in [3.05, 3.63) is 41.6 Å². The van der Waals surface area contributed by atoms with E-state index in [0.29, 0.717) is 12.4 Å². The molecule has 122 valence electrons. The number of amides is 2. The second-order valence-corrected chi connectivity index (χ2v) is 5.21. The predicted molar refractivity (Wildman–Crippen MR) is 82.8 cm³/mol. The number of carboxylic acid groups (broad SMARTS) is 1. The van der Waals surface area contributed by atoms with E-state index >= 15 is 0 Å². The van der Waals surface area contributed by atoms with E-state index in [1.807, 2.05) is 24.3 Å². The van der Waals surface area contributed by atoms with Crippen LogP contribution in [0, 0.1) is 0 Å². The summed E-state index contributed by atoms with van der Waals surface area (Å²) in [4.78, 5) is 30.0. The molecule has 0 fully saturated rings. The normalized spacial score (nSPS) is 13.2. The summed E-state index contributed by atoms with van der Waals surface area (Å²) in [6, 6.07) is 7.15. The molecule has 0 aromatic heterocycles. The number of rotatable bonds is 4. The Labute approximate surface area is 134 Å². The van der Waals surface area contributed by atoms with Crippen LogP contribution in [0.15, 0.2) is 41.0 Å². The Morgan fingerprint density at radius 3 is 2.43 bits per heavy atom. The number of carbonyl (C=O) groups is 2. The van der Waals surface area contributed by atoms with Crippen LogP contribution >= 0.6 is 0 Å². The van der Waals surface area contributed by atoms with Gasteiger partial charge < -0.3 is 19.5 Å². The van der Waals surface area contributed by atoms with Gasteiger partial charge in [-0.2, -0.15) is 0 Å². The van der Waals surface area contributed by atoms with Crippen LogP contribution in [0.4, 0.5) is 4.79 Å². The Bertz CT molecular complexity index is 664. The van der Waals surface area contributed by atoms with Crippen LogP contribution in [0.3, 0.4) is 0 Å². The number of methoxy groups -OCH3 is 1. The fourth-order valence-electron chi connectivity index (χ4n) is 2.18. The van der Waals surface area contributed by atoms with E-state index < -0.39 is 5.97 Å². The lowest BCUT2D eigenvalue weighted by Gasteiger charge is -2.25. The van der Waals surface area contributed by atoms with Gasteiger partial charge in [0, 0.05) is 38.8 Å². The van der Waals surface area contributed by atoms with Crippen molar-refractivity contribution in [3.63, 3.8) is 0 Å². The first-order valence-corrected chi connectivity index (χ1v) is 7.01. The SMILES string of the molecule is COc1ccc(CN(C)C(=O)N(C)C2=NC=C(C(=O)[O-])C2)cc1. The van der Waals surface area contributed by atoms with Gasteiger partial charge in [0.05, 0.1) is 13.1 Å². The Hall–Kier alpha value is -2.83. The number of carbonyl (C=O) groups excluding carboxylic acids is 2. The van der Waals surface area contributed by atoms with Crippen LogP contribution in [-0.2, 0) is 11.3 Å². The first kappa shape index (κ1) is 16.5. The molecule has 7 heteroatoms. The highest BCUT2D eigenvalue weighted by atomic mass is 16.5. The van der Waals surface area contributed by atoms with E-state index in [1.54, 1.807) is 21.2 Å². The number of benzene rings is 1. The average molecular weight is 316 g/mol. The lowest BCUT2D eigenvalue weighted by atomic mass is 10.2. The van der Waals surface area contributed by atoms with Crippen molar-refractivity contribution in [2.24, 2.45) is 4.99 Å². The molecular formula is C16H18N3O4-. The predicted octanol–water partition coefficient (Wildman–Crippen LogP) is 0.615. The van der Waals surface area contributed by atoms with Gasteiger partial charge in [-0.15, -0.1) is 0 Å². The third-order valence-electron chi connectivity index (χ3n) is 3.56. The van der Waals surface area contributed by atoms with Crippen LogP contribution in [-0.4, -0.2) is 48.8 Å². The molecule has 0 bridgehead atoms. The van der Waals surface area contributed by atoms with E-state index in [4.69, 9.17) is 4.74 Å². The van der Waals surface area contributed by atoms with Gasteiger partial charge in [-0.3, -0.25) is 4.90 Å². The summed E-state index contributed by atoms with van der Waals surface area (Å²) in [5, 5.41) is 10.8. The molecule has 0 saturated heterocycles. The lowest BCUT2D eigenvalue weighted by molar-refractivity contribution is -0.299. The number of carboxylic acids is 1.